The summed E-state index contributed by atoms with van der Waals surface area (Å²) in [5.74, 6) is -0.426. The smallest absolute Gasteiger partial charge is 0.335 e. The average Bonchev–Trinajstić information content (AvgIpc) is 2.92. The zero-order valence-electron chi connectivity index (χ0n) is 13.6. The Kier molecular flexibility index (Phi) is 4.26. The summed E-state index contributed by atoms with van der Waals surface area (Å²) in [6.45, 7) is 0. The topological polar surface area (TPSA) is 93.2 Å². The lowest BCUT2D eigenvalue weighted by Gasteiger charge is -2.35. The van der Waals surface area contributed by atoms with Crippen molar-refractivity contribution in [3.05, 3.63) is 52.0 Å². The van der Waals surface area contributed by atoms with E-state index in [9.17, 15) is 9.90 Å². The number of fused-ring (bicyclic) bond motifs is 1. The average molecular weight is 391 g/mol. The van der Waals surface area contributed by atoms with Crippen molar-refractivity contribution in [1.29, 1.82) is 0 Å². The minimum atomic E-state index is -0.990. The number of halogens is 2. The molecule has 26 heavy (non-hydrogen) atoms. The van der Waals surface area contributed by atoms with Crippen LogP contribution in [-0.2, 0) is 0 Å². The molecular weight excluding hydrogens is 375 g/mol. The van der Waals surface area contributed by atoms with Gasteiger partial charge in [0.1, 0.15) is 0 Å². The number of para-hydroxylation sites is 1. The first-order valence-electron chi connectivity index (χ1n) is 8.16. The highest BCUT2D eigenvalue weighted by Crippen LogP contribution is 2.39. The van der Waals surface area contributed by atoms with Crippen LogP contribution in [0.1, 0.15) is 29.2 Å². The van der Waals surface area contributed by atoms with E-state index in [1.54, 1.807) is 36.4 Å². The minimum absolute atomic E-state index is 0.160. The Morgan fingerprint density at radius 2 is 1.92 bits per heavy atom. The highest BCUT2D eigenvalue weighted by atomic mass is 35.5. The number of aromatic nitrogens is 2. The molecule has 1 aliphatic carbocycles. The van der Waals surface area contributed by atoms with Crippen LogP contribution in [0.25, 0.3) is 11.0 Å². The number of aromatic carboxylic acids is 1. The number of carbonyl (C=O) groups is 1. The van der Waals surface area contributed by atoms with Crippen LogP contribution in [0.15, 0.2) is 36.4 Å². The fraction of sp³-hybridized carbons (Fsp3) is 0.222. The summed E-state index contributed by atoms with van der Waals surface area (Å²) in [5, 5.41) is 13.4. The molecule has 4 N–H and O–H groups in total. The molecule has 0 unspecified atom stereocenters. The highest BCUT2D eigenvalue weighted by Gasteiger charge is 2.31. The third kappa shape index (κ3) is 2.90. The Bertz CT molecular complexity index is 992. The molecule has 0 spiro atoms. The fourth-order valence-corrected chi connectivity index (χ4v) is 3.75. The molecule has 0 aliphatic heterocycles. The maximum atomic E-state index is 11.3. The van der Waals surface area contributed by atoms with Crippen molar-refractivity contribution in [1.82, 2.24) is 9.55 Å². The van der Waals surface area contributed by atoms with Gasteiger partial charge in [-0.3, -0.25) is 0 Å². The van der Waals surface area contributed by atoms with E-state index in [1.807, 2.05) is 4.57 Å². The van der Waals surface area contributed by atoms with Crippen LogP contribution < -0.4 is 11.1 Å². The molecular formula is C18H16Cl2N4O2. The zero-order chi connectivity index (χ0) is 18.4. The van der Waals surface area contributed by atoms with E-state index >= 15 is 0 Å². The number of nitrogens with two attached hydrogens (primary N) is 1. The third-order valence-corrected chi connectivity index (χ3v) is 5.28. The first-order chi connectivity index (χ1) is 12.4. The lowest BCUT2D eigenvalue weighted by atomic mass is 9.87. The third-order valence-electron chi connectivity index (χ3n) is 4.65. The first kappa shape index (κ1) is 17.1. The molecule has 134 valence electrons. The first-order valence-corrected chi connectivity index (χ1v) is 8.91. The summed E-state index contributed by atoms with van der Waals surface area (Å²) in [4.78, 5) is 15.9. The molecule has 1 aliphatic rings. The lowest BCUT2D eigenvalue weighted by molar-refractivity contribution is 0.0697. The van der Waals surface area contributed by atoms with Gasteiger partial charge < -0.3 is 20.7 Å². The molecule has 0 bridgehead atoms. The molecule has 1 heterocycles. The van der Waals surface area contributed by atoms with Crippen LogP contribution in [0.5, 0.6) is 0 Å². The van der Waals surface area contributed by atoms with Gasteiger partial charge in [0.25, 0.3) is 0 Å². The number of benzene rings is 2. The molecule has 0 amide bonds. The SMILES string of the molecule is NC1CC(n2c(Nc3c(Cl)cccc3Cl)nc3cc(C(=O)O)ccc32)C1. The Hall–Kier alpha value is -2.28. The normalized spacial score (nSPS) is 19.3. The van der Waals surface area contributed by atoms with E-state index < -0.39 is 5.97 Å². The number of hydrogen-bond donors (Lipinski definition) is 3. The van der Waals surface area contributed by atoms with Crippen molar-refractivity contribution in [2.75, 3.05) is 5.32 Å². The van der Waals surface area contributed by atoms with E-state index in [0.29, 0.717) is 27.2 Å². The number of hydrogen-bond acceptors (Lipinski definition) is 4. The van der Waals surface area contributed by atoms with Crippen molar-refractivity contribution in [2.45, 2.75) is 24.9 Å². The van der Waals surface area contributed by atoms with Gasteiger partial charge in [-0.2, -0.15) is 0 Å². The number of nitrogens with one attached hydrogen (secondary N) is 1. The second-order valence-corrected chi connectivity index (χ2v) is 7.24. The summed E-state index contributed by atoms with van der Waals surface area (Å²) in [6, 6.07) is 10.5. The van der Waals surface area contributed by atoms with Crippen molar-refractivity contribution < 1.29 is 9.90 Å². The number of carboxylic acids is 1. The standard InChI is InChI=1S/C18H16Cl2N4O2/c19-12-2-1-3-13(20)16(12)23-18-22-14-6-9(17(25)26)4-5-15(14)24(18)11-7-10(21)8-11/h1-6,10-11H,7-8,21H2,(H,22,23)(H,25,26). The Morgan fingerprint density at radius 1 is 1.23 bits per heavy atom. The Morgan fingerprint density at radius 3 is 2.54 bits per heavy atom. The van der Waals surface area contributed by atoms with Crippen LogP contribution in [-0.4, -0.2) is 26.7 Å². The summed E-state index contributed by atoms with van der Waals surface area (Å²) >= 11 is 12.5. The van der Waals surface area contributed by atoms with E-state index in [4.69, 9.17) is 28.9 Å². The lowest BCUT2D eigenvalue weighted by Crippen LogP contribution is -2.38. The molecule has 1 fully saturated rings. The molecule has 1 saturated carbocycles. The maximum absolute atomic E-state index is 11.3. The number of nitrogens with zero attached hydrogens (tertiary/aromatic N) is 2. The minimum Gasteiger partial charge on any atom is -0.478 e. The molecule has 0 atom stereocenters. The summed E-state index contributed by atoms with van der Waals surface area (Å²) in [5.41, 5.74) is 8.15. The van der Waals surface area contributed by atoms with Crippen LogP contribution in [0.3, 0.4) is 0 Å². The monoisotopic (exact) mass is 390 g/mol. The van der Waals surface area contributed by atoms with Gasteiger partial charge in [-0.05, 0) is 43.2 Å². The molecule has 8 heteroatoms. The van der Waals surface area contributed by atoms with Crippen LogP contribution in [0.2, 0.25) is 10.0 Å². The Balaban J connectivity index is 1.84. The van der Waals surface area contributed by atoms with Crippen molar-refractivity contribution in [2.24, 2.45) is 5.73 Å². The van der Waals surface area contributed by atoms with Gasteiger partial charge in [0.15, 0.2) is 0 Å². The highest BCUT2D eigenvalue weighted by molar-refractivity contribution is 6.39. The number of anilines is 2. The molecule has 1 aromatic heterocycles. The van der Waals surface area contributed by atoms with Gasteiger partial charge in [-0.1, -0.05) is 29.3 Å². The van der Waals surface area contributed by atoms with Crippen LogP contribution in [0, 0.1) is 0 Å². The molecule has 2 aromatic carbocycles. The fourth-order valence-electron chi connectivity index (χ4n) is 3.26. The predicted octanol–water partition coefficient (Wildman–Crippen LogP) is 4.45. The maximum Gasteiger partial charge on any atom is 0.335 e. The Labute approximate surface area is 159 Å². The van der Waals surface area contributed by atoms with Gasteiger partial charge in [0.2, 0.25) is 5.95 Å². The number of imidazole rings is 1. The quantitative estimate of drug-likeness (QED) is 0.611. The van der Waals surface area contributed by atoms with Gasteiger partial charge in [0, 0.05) is 12.1 Å². The van der Waals surface area contributed by atoms with Gasteiger partial charge in [-0.25, -0.2) is 9.78 Å². The summed E-state index contributed by atoms with van der Waals surface area (Å²) in [6.07, 6.45) is 1.66. The van der Waals surface area contributed by atoms with Gasteiger partial charge in [0.05, 0.1) is 32.3 Å². The second-order valence-electron chi connectivity index (χ2n) is 6.42. The van der Waals surface area contributed by atoms with Gasteiger partial charge >= 0.3 is 5.97 Å². The molecule has 4 rings (SSSR count). The van der Waals surface area contributed by atoms with E-state index in [0.717, 1.165) is 18.4 Å². The van der Waals surface area contributed by atoms with Crippen LogP contribution in [0.4, 0.5) is 11.6 Å². The van der Waals surface area contributed by atoms with Crippen LogP contribution >= 0.6 is 23.2 Å². The molecule has 0 radical (unpaired) electrons. The number of rotatable bonds is 4. The molecule has 3 aromatic rings. The van der Waals surface area contributed by atoms with E-state index in [1.165, 1.54) is 0 Å². The van der Waals surface area contributed by atoms with Crippen molar-refractivity contribution >= 4 is 51.8 Å². The predicted molar refractivity (Wildman–Crippen MR) is 103 cm³/mol. The second kappa shape index (κ2) is 6.46. The summed E-state index contributed by atoms with van der Waals surface area (Å²) < 4.78 is 2.05. The van der Waals surface area contributed by atoms with Crippen molar-refractivity contribution in [3.8, 4) is 0 Å². The number of carboxylic acid groups (broad SMARTS) is 1. The van der Waals surface area contributed by atoms with Gasteiger partial charge in [-0.15, -0.1) is 0 Å². The van der Waals surface area contributed by atoms with E-state index in [-0.39, 0.29) is 17.6 Å². The largest absolute Gasteiger partial charge is 0.478 e. The van der Waals surface area contributed by atoms with E-state index in [2.05, 4.69) is 10.3 Å². The zero-order valence-corrected chi connectivity index (χ0v) is 15.1. The molecule has 0 saturated heterocycles. The summed E-state index contributed by atoms with van der Waals surface area (Å²) in [7, 11) is 0. The van der Waals surface area contributed by atoms with Crippen molar-refractivity contribution in [3.63, 3.8) is 0 Å². The molecule has 6 nitrogen and oxygen atoms in total.